The zero-order valence-electron chi connectivity index (χ0n) is 9.80. The third kappa shape index (κ3) is 8.35. The van der Waals surface area contributed by atoms with Crippen LogP contribution < -0.4 is 10.6 Å². The first-order chi connectivity index (χ1) is 7.02. The summed E-state index contributed by atoms with van der Waals surface area (Å²) in [5.74, 6) is -0.0843. The van der Waals surface area contributed by atoms with Crippen LogP contribution in [0.4, 0.5) is 0 Å². The van der Waals surface area contributed by atoms with E-state index in [4.69, 9.17) is 4.74 Å². The van der Waals surface area contributed by atoms with Crippen LogP contribution in [0.2, 0.25) is 0 Å². The number of hydrogen-bond donors (Lipinski definition) is 3. The lowest BCUT2D eigenvalue weighted by Crippen LogP contribution is -2.42. The summed E-state index contributed by atoms with van der Waals surface area (Å²) in [6, 6.07) is 0. The van der Waals surface area contributed by atoms with Crippen LogP contribution in [-0.2, 0) is 9.53 Å². The average molecular weight is 218 g/mol. The number of hydrogen-bond acceptors (Lipinski definition) is 4. The van der Waals surface area contributed by atoms with Crippen molar-refractivity contribution in [1.29, 1.82) is 0 Å². The van der Waals surface area contributed by atoms with Gasteiger partial charge in [-0.1, -0.05) is 6.92 Å². The summed E-state index contributed by atoms with van der Waals surface area (Å²) < 4.78 is 4.79. The van der Waals surface area contributed by atoms with Gasteiger partial charge < -0.3 is 20.5 Å². The number of amides is 1. The van der Waals surface area contributed by atoms with Gasteiger partial charge in [-0.15, -0.1) is 0 Å². The van der Waals surface area contributed by atoms with Crippen LogP contribution in [-0.4, -0.2) is 50.0 Å². The number of rotatable bonds is 8. The molecule has 3 N–H and O–H groups in total. The molecule has 0 fully saturated rings. The Labute approximate surface area is 91.2 Å². The van der Waals surface area contributed by atoms with Crippen molar-refractivity contribution in [3.8, 4) is 0 Å². The third-order valence-corrected chi connectivity index (χ3v) is 2.18. The van der Waals surface area contributed by atoms with E-state index in [-0.39, 0.29) is 12.5 Å². The Morgan fingerprint density at radius 3 is 2.73 bits per heavy atom. The zero-order chi connectivity index (χ0) is 11.7. The van der Waals surface area contributed by atoms with Crippen LogP contribution >= 0.6 is 0 Å². The molecule has 0 rings (SSSR count). The largest absolute Gasteiger partial charge is 0.389 e. The van der Waals surface area contributed by atoms with Crippen LogP contribution in [0.3, 0.4) is 0 Å². The Morgan fingerprint density at radius 2 is 2.20 bits per heavy atom. The van der Waals surface area contributed by atoms with Gasteiger partial charge in [-0.05, 0) is 13.3 Å². The first kappa shape index (κ1) is 14.3. The molecule has 0 saturated carbocycles. The van der Waals surface area contributed by atoms with Gasteiger partial charge in [-0.2, -0.15) is 0 Å². The van der Waals surface area contributed by atoms with Crippen LogP contribution in [0.1, 0.15) is 20.3 Å². The van der Waals surface area contributed by atoms with Gasteiger partial charge in [0.05, 0.1) is 18.8 Å². The van der Waals surface area contributed by atoms with Crippen molar-refractivity contribution >= 4 is 5.91 Å². The molecule has 0 spiro atoms. The average Bonchev–Trinajstić information content (AvgIpc) is 2.18. The third-order valence-electron chi connectivity index (χ3n) is 2.18. The van der Waals surface area contributed by atoms with Crippen molar-refractivity contribution in [2.24, 2.45) is 0 Å². The fourth-order valence-electron chi connectivity index (χ4n) is 0.925. The van der Waals surface area contributed by atoms with Crippen LogP contribution in [0.5, 0.6) is 0 Å². The molecule has 1 amide bonds. The topological polar surface area (TPSA) is 70.6 Å². The van der Waals surface area contributed by atoms with Crippen molar-refractivity contribution in [3.63, 3.8) is 0 Å². The number of ether oxygens (including phenoxy) is 1. The highest BCUT2D eigenvalue weighted by Crippen LogP contribution is 2.05. The molecule has 0 aliphatic heterocycles. The minimum absolute atomic E-state index is 0.0843. The van der Waals surface area contributed by atoms with Gasteiger partial charge in [-0.3, -0.25) is 4.79 Å². The highest BCUT2D eigenvalue weighted by atomic mass is 16.5. The first-order valence-electron chi connectivity index (χ1n) is 5.20. The van der Waals surface area contributed by atoms with Crippen molar-refractivity contribution in [3.05, 3.63) is 0 Å². The number of methoxy groups -OCH3 is 1. The monoisotopic (exact) mass is 218 g/mol. The molecular weight excluding hydrogens is 196 g/mol. The van der Waals surface area contributed by atoms with Gasteiger partial charge in [0, 0.05) is 20.2 Å². The molecule has 15 heavy (non-hydrogen) atoms. The second-order valence-corrected chi connectivity index (χ2v) is 3.80. The van der Waals surface area contributed by atoms with Gasteiger partial charge in [0.2, 0.25) is 5.91 Å². The molecule has 0 aromatic carbocycles. The normalized spacial score (nSPS) is 14.7. The summed E-state index contributed by atoms with van der Waals surface area (Å²) in [5.41, 5.74) is -0.743. The summed E-state index contributed by atoms with van der Waals surface area (Å²) >= 11 is 0. The Kier molecular flexibility index (Phi) is 7.29. The molecule has 1 atom stereocenters. The van der Waals surface area contributed by atoms with Crippen molar-refractivity contribution < 1.29 is 14.6 Å². The summed E-state index contributed by atoms with van der Waals surface area (Å²) in [6.07, 6.45) is 0.658. The summed E-state index contributed by atoms with van der Waals surface area (Å²) in [4.78, 5) is 11.2. The number of carbonyl (C=O) groups is 1. The second-order valence-electron chi connectivity index (χ2n) is 3.80. The van der Waals surface area contributed by atoms with Gasteiger partial charge in [-0.25, -0.2) is 0 Å². The summed E-state index contributed by atoms with van der Waals surface area (Å²) in [6.45, 7) is 5.31. The molecule has 0 heterocycles. The smallest absolute Gasteiger partial charge is 0.234 e. The Morgan fingerprint density at radius 1 is 1.53 bits per heavy atom. The fourth-order valence-corrected chi connectivity index (χ4v) is 0.925. The molecule has 0 aliphatic carbocycles. The van der Waals surface area contributed by atoms with E-state index in [1.54, 1.807) is 14.0 Å². The lowest BCUT2D eigenvalue weighted by Gasteiger charge is -2.21. The summed E-state index contributed by atoms with van der Waals surface area (Å²) in [7, 11) is 1.59. The van der Waals surface area contributed by atoms with E-state index in [0.29, 0.717) is 26.1 Å². The molecule has 0 bridgehead atoms. The SMILES string of the molecule is CCC(C)(O)CNCC(=O)NCCOC. The lowest BCUT2D eigenvalue weighted by atomic mass is 10.0. The number of nitrogens with one attached hydrogen (secondary N) is 2. The Balaban J connectivity index is 3.46. The maximum Gasteiger partial charge on any atom is 0.234 e. The van der Waals surface area contributed by atoms with E-state index in [9.17, 15) is 9.90 Å². The molecule has 0 aliphatic rings. The molecule has 0 saturated heterocycles. The predicted octanol–water partition coefficient (Wildman–Crippen LogP) is -0.500. The van der Waals surface area contributed by atoms with Gasteiger partial charge in [0.1, 0.15) is 0 Å². The van der Waals surface area contributed by atoms with E-state index < -0.39 is 5.60 Å². The maximum absolute atomic E-state index is 11.2. The van der Waals surface area contributed by atoms with Crippen molar-refractivity contribution in [2.45, 2.75) is 25.9 Å². The maximum atomic E-state index is 11.2. The summed E-state index contributed by atoms with van der Waals surface area (Å²) in [5, 5.41) is 15.2. The van der Waals surface area contributed by atoms with E-state index in [1.807, 2.05) is 6.92 Å². The Bertz CT molecular complexity index is 184. The quantitative estimate of drug-likeness (QED) is 0.480. The Hall–Kier alpha value is -0.650. The lowest BCUT2D eigenvalue weighted by molar-refractivity contribution is -0.120. The molecule has 0 aromatic heterocycles. The molecule has 5 nitrogen and oxygen atoms in total. The number of carbonyl (C=O) groups excluding carboxylic acids is 1. The standard InChI is InChI=1S/C10H22N2O3/c1-4-10(2,14)8-11-7-9(13)12-5-6-15-3/h11,14H,4-8H2,1-3H3,(H,12,13). The van der Waals surface area contributed by atoms with Gasteiger partial charge in [0.15, 0.2) is 0 Å². The molecule has 0 aromatic rings. The predicted molar refractivity (Wildman–Crippen MR) is 58.7 cm³/mol. The van der Waals surface area contributed by atoms with E-state index in [2.05, 4.69) is 10.6 Å². The fraction of sp³-hybridized carbons (Fsp3) is 0.900. The second kappa shape index (κ2) is 7.62. The van der Waals surface area contributed by atoms with Crippen LogP contribution in [0, 0.1) is 0 Å². The zero-order valence-corrected chi connectivity index (χ0v) is 9.80. The van der Waals surface area contributed by atoms with E-state index in [1.165, 1.54) is 0 Å². The van der Waals surface area contributed by atoms with Crippen molar-refractivity contribution in [1.82, 2.24) is 10.6 Å². The molecule has 0 radical (unpaired) electrons. The minimum atomic E-state index is -0.743. The minimum Gasteiger partial charge on any atom is -0.389 e. The van der Waals surface area contributed by atoms with E-state index >= 15 is 0 Å². The number of aliphatic hydroxyl groups is 1. The first-order valence-corrected chi connectivity index (χ1v) is 5.20. The molecule has 1 unspecified atom stereocenters. The van der Waals surface area contributed by atoms with Crippen LogP contribution in [0.15, 0.2) is 0 Å². The molecular formula is C10H22N2O3. The highest BCUT2D eigenvalue weighted by Gasteiger charge is 2.16. The molecule has 90 valence electrons. The molecule has 5 heteroatoms. The van der Waals surface area contributed by atoms with Crippen molar-refractivity contribution in [2.75, 3.05) is 33.4 Å². The van der Waals surface area contributed by atoms with Gasteiger partial charge >= 0.3 is 0 Å². The van der Waals surface area contributed by atoms with Gasteiger partial charge in [0.25, 0.3) is 0 Å². The van der Waals surface area contributed by atoms with E-state index in [0.717, 1.165) is 0 Å². The van der Waals surface area contributed by atoms with Crippen LogP contribution in [0.25, 0.3) is 0 Å². The highest BCUT2D eigenvalue weighted by molar-refractivity contribution is 5.77.